The summed E-state index contributed by atoms with van der Waals surface area (Å²) in [6.45, 7) is 4.31. The molecule has 96 valence electrons. The van der Waals surface area contributed by atoms with E-state index in [1.165, 1.54) is 22.4 Å². The number of hydrogen-bond donors (Lipinski definition) is 1. The molecule has 0 aliphatic heterocycles. The Morgan fingerprint density at radius 3 is 2.56 bits per heavy atom. The van der Waals surface area contributed by atoms with Crippen molar-refractivity contribution in [3.05, 3.63) is 52.8 Å². The van der Waals surface area contributed by atoms with Crippen LogP contribution in [0.3, 0.4) is 0 Å². The predicted octanol–water partition coefficient (Wildman–Crippen LogP) is 2.54. The summed E-state index contributed by atoms with van der Waals surface area (Å²) < 4.78 is 1.93. The van der Waals surface area contributed by atoms with Crippen LogP contribution in [0.25, 0.3) is 0 Å². The Labute approximate surface area is 109 Å². The van der Waals surface area contributed by atoms with Gasteiger partial charge in [0.05, 0.1) is 11.7 Å². The van der Waals surface area contributed by atoms with E-state index in [2.05, 4.69) is 48.5 Å². The number of rotatable bonds is 4. The van der Waals surface area contributed by atoms with Gasteiger partial charge in [0, 0.05) is 13.2 Å². The zero-order valence-electron chi connectivity index (χ0n) is 11.6. The van der Waals surface area contributed by atoms with Crippen LogP contribution in [0.5, 0.6) is 0 Å². The SMILES string of the molecule is CNC(Cc1ccc(C)c(C)c1)c1ccnn1C. The van der Waals surface area contributed by atoms with Crippen molar-refractivity contribution in [2.75, 3.05) is 7.05 Å². The molecule has 18 heavy (non-hydrogen) atoms. The van der Waals surface area contributed by atoms with Crippen LogP contribution in [0.4, 0.5) is 0 Å². The molecule has 0 saturated carbocycles. The maximum atomic E-state index is 4.24. The first-order valence-corrected chi connectivity index (χ1v) is 6.33. The van der Waals surface area contributed by atoms with E-state index < -0.39 is 0 Å². The Hall–Kier alpha value is -1.61. The van der Waals surface area contributed by atoms with E-state index in [1.807, 2.05) is 25.0 Å². The zero-order valence-corrected chi connectivity index (χ0v) is 11.6. The first-order valence-electron chi connectivity index (χ1n) is 6.33. The number of hydrogen-bond acceptors (Lipinski definition) is 2. The molecule has 0 bridgehead atoms. The molecule has 3 nitrogen and oxygen atoms in total. The zero-order chi connectivity index (χ0) is 13.1. The summed E-state index contributed by atoms with van der Waals surface area (Å²) in [5.74, 6) is 0. The van der Waals surface area contributed by atoms with Crippen LogP contribution in [0.2, 0.25) is 0 Å². The minimum Gasteiger partial charge on any atom is -0.311 e. The lowest BCUT2D eigenvalue weighted by atomic mass is 9.99. The Bertz CT molecular complexity index is 528. The smallest absolute Gasteiger partial charge is 0.0553 e. The maximum Gasteiger partial charge on any atom is 0.0553 e. The molecule has 0 radical (unpaired) electrons. The molecule has 0 spiro atoms. The summed E-state index contributed by atoms with van der Waals surface area (Å²) in [7, 11) is 3.98. The van der Waals surface area contributed by atoms with Gasteiger partial charge in [0.2, 0.25) is 0 Å². The van der Waals surface area contributed by atoms with Crippen LogP contribution >= 0.6 is 0 Å². The summed E-state index contributed by atoms with van der Waals surface area (Å²) in [6.07, 6.45) is 2.83. The lowest BCUT2D eigenvalue weighted by molar-refractivity contribution is 0.537. The topological polar surface area (TPSA) is 29.9 Å². The Balaban J connectivity index is 2.20. The van der Waals surface area contributed by atoms with Gasteiger partial charge >= 0.3 is 0 Å². The number of benzene rings is 1. The first kappa shape index (κ1) is 12.8. The number of nitrogens with one attached hydrogen (secondary N) is 1. The van der Waals surface area contributed by atoms with E-state index in [0.29, 0.717) is 6.04 Å². The van der Waals surface area contributed by atoms with Gasteiger partial charge in [-0.3, -0.25) is 4.68 Å². The Kier molecular flexibility index (Phi) is 3.82. The summed E-state index contributed by atoms with van der Waals surface area (Å²) in [5.41, 5.74) is 5.28. The second-order valence-electron chi connectivity index (χ2n) is 4.84. The summed E-state index contributed by atoms with van der Waals surface area (Å²) in [4.78, 5) is 0. The van der Waals surface area contributed by atoms with Crippen LogP contribution in [0.1, 0.15) is 28.4 Å². The van der Waals surface area contributed by atoms with Gasteiger partial charge in [-0.15, -0.1) is 0 Å². The number of likely N-dealkylation sites (N-methyl/N-ethyl adjacent to an activating group) is 1. The largest absolute Gasteiger partial charge is 0.311 e. The van der Waals surface area contributed by atoms with Gasteiger partial charge < -0.3 is 5.32 Å². The molecule has 1 aromatic carbocycles. The van der Waals surface area contributed by atoms with Crippen molar-refractivity contribution in [2.45, 2.75) is 26.3 Å². The normalized spacial score (nSPS) is 12.7. The fourth-order valence-electron chi connectivity index (χ4n) is 2.25. The molecule has 2 aromatic rings. The van der Waals surface area contributed by atoms with Crippen molar-refractivity contribution in [1.29, 1.82) is 0 Å². The van der Waals surface area contributed by atoms with E-state index in [1.54, 1.807) is 0 Å². The van der Waals surface area contributed by atoms with Gasteiger partial charge in [0.15, 0.2) is 0 Å². The standard InChI is InChI=1S/C15H21N3/c1-11-5-6-13(9-12(11)2)10-14(16-3)15-7-8-17-18(15)4/h5-9,14,16H,10H2,1-4H3. The van der Waals surface area contributed by atoms with Crippen LogP contribution in [-0.4, -0.2) is 16.8 Å². The van der Waals surface area contributed by atoms with E-state index in [4.69, 9.17) is 0 Å². The van der Waals surface area contributed by atoms with Crippen molar-refractivity contribution < 1.29 is 0 Å². The van der Waals surface area contributed by atoms with Gasteiger partial charge in [-0.05, 0) is 50.1 Å². The van der Waals surface area contributed by atoms with Crippen LogP contribution in [-0.2, 0) is 13.5 Å². The quantitative estimate of drug-likeness (QED) is 0.894. The number of aromatic nitrogens is 2. The fraction of sp³-hybridized carbons (Fsp3) is 0.400. The van der Waals surface area contributed by atoms with Gasteiger partial charge in [-0.25, -0.2) is 0 Å². The molecule has 1 heterocycles. The van der Waals surface area contributed by atoms with Gasteiger partial charge in [-0.1, -0.05) is 18.2 Å². The van der Waals surface area contributed by atoms with Crippen molar-refractivity contribution in [1.82, 2.24) is 15.1 Å². The van der Waals surface area contributed by atoms with Gasteiger partial charge in [0.25, 0.3) is 0 Å². The first-order chi connectivity index (χ1) is 8.61. The summed E-state index contributed by atoms with van der Waals surface area (Å²) >= 11 is 0. The highest BCUT2D eigenvalue weighted by atomic mass is 15.3. The number of aryl methyl sites for hydroxylation is 3. The van der Waals surface area contributed by atoms with E-state index in [0.717, 1.165) is 6.42 Å². The van der Waals surface area contributed by atoms with E-state index in [9.17, 15) is 0 Å². The molecule has 1 unspecified atom stereocenters. The van der Waals surface area contributed by atoms with Gasteiger partial charge in [-0.2, -0.15) is 5.10 Å². The molecule has 0 aliphatic carbocycles. The summed E-state index contributed by atoms with van der Waals surface area (Å²) in [6, 6.07) is 9.06. The summed E-state index contributed by atoms with van der Waals surface area (Å²) in [5, 5.41) is 7.60. The van der Waals surface area contributed by atoms with Crippen molar-refractivity contribution in [3.8, 4) is 0 Å². The van der Waals surface area contributed by atoms with Crippen molar-refractivity contribution in [2.24, 2.45) is 7.05 Å². The molecule has 1 N–H and O–H groups in total. The molecular weight excluding hydrogens is 222 g/mol. The molecule has 1 aromatic heterocycles. The maximum absolute atomic E-state index is 4.24. The molecule has 0 saturated heterocycles. The second-order valence-corrected chi connectivity index (χ2v) is 4.84. The van der Waals surface area contributed by atoms with Crippen LogP contribution in [0.15, 0.2) is 30.5 Å². The third kappa shape index (κ3) is 2.62. The van der Waals surface area contributed by atoms with Gasteiger partial charge in [0.1, 0.15) is 0 Å². The molecule has 0 amide bonds. The predicted molar refractivity (Wildman–Crippen MR) is 74.6 cm³/mol. The average Bonchev–Trinajstić information content (AvgIpc) is 2.77. The molecule has 2 rings (SSSR count). The second kappa shape index (κ2) is 5.36. The lowest BCUT2D eigenvalue weighted by Crippen LogP contribution is -2.21. The van der Waals surface area contributed by atoms with Crippen LogP contribution in [0, 0.1) is 13.8 Å². The highest BCUT2D eigenvalue weighted by molar-refractivity contribution is 5.31. The van der Waals surface area contributed by atoms with E-state index >= 15 is 0 Å². The Morgan fingerprint density at radius 2 is 2.00 bits per heavy atom. The van der Waals surface area contributed by atoms with Crippen molar-refractivity contribution in [3.63, 3.8) is 0 Å². The van der Waals surface area contributed by atoms with E-state index in [-0.39, 0.29) is 0 Å². The average molecular weight is 243 g/mol. The molecule has 1 atom stereocenters. The third-order valence-corrected chi connectivity index (χ3v) is 3.58. The monoisotopic (exact) mass is 243 g/mol. The molecule has 0 aliphatic rings. The Morgan fingerprint density at radius 1 is 1.22 bits per heavy atom. The molecule has 3 heteroatoms. The molecular formula is C15H21N3. The fourth-order valence-corrected chi connectivity index (χ4v) is 2.25. The lowest BCUT2D eigenvalue weighted by Gasteiger charge is -2.17. The van der Waals surface area contributed by atoms with Crippen LogP contribution < -0.4 is 5.32 Å². The molecule has 0 fully saturated rings. The van der Waals surface area contributed by atoms with Crippen molar-refractivity contribution >= 4 is 0 Å². The number of nitrogens with zero attached hydrogens (tertiary/aromatic N) is 2. The minimum absolute atomic E-state index is 0.305. The highest BCUT2D eigenvalue weighted by Crippen LogP contribution is 2.19. The highest BCUT2D eigenvalue weighted by Gasteiger charge is 2.13. The third-order valence-electron chi connectivity index (χ3n) is 3.58. The minimum atomic E-state index is 0.305.